The number of anilines is 2. The van der Waals surface area contributed by atoms with Gasteiger partial charge >= 0.3 is 0 Å². The first kappa shape index (κ1) is 17.7. The smallest absolute Gasteiger partial charge is 0.134 e. The molecule has 1 heterocycles. The van der Waals surface area contributed by atoms with E-state index in [-0.39, 0.29) is 0 Å². The molecule has 5 nitrogen and oxygen atoms in total. The van der Waals surface area contributed by atoms with Crippen LogP contribution in [0.2, 0.25) is 0 Å². The number of nitrogens with one attached hydrogen (secondary N) is 2. The topological polar surface area (TPSA) is 53.1 Å². The van der Waals surface area contributed by atoms with Crippen LogP contribution in [-0.2, 0) is 6.42 Å². The van der Waals surface area contributed by atoms with Gasteiger partial charge in [-0.25, -0.2) is 9.97 Å². The Balaban J connectivity index is 2.78. The van der Waals surface area contributed by atoms with Crippen LogP contribution in [0.4, 0.5) is 11.6 Å². The Labute approximate surface area is 129 Å². The second kappa shape index (κ2) is 9.55. The maximum atomic E-state index is 4.67. The molecule has 0 fully saturated rings. The van der Waals surface area contributed by atoms with Gasteiger partial charge in [0.15, 0.2) is 0 Å². The van der Waals surface area contributed by atoms with Crippen LogP contribution in [0.5, 0.6) is 0 Å². The van der Waals surface area contributed by atoms with Crippen molar-refractivity contribution in [3.63, 3.8) is 0 Å². The summed E-state index contributed by atoms with van der Waals surface area (Å²) in [5, 5.41) is 6.81. The van der Waals surface area contributed by atoms with Crippen molar-refractivity contribution in [1.29, 1.82) is 0 Å². The van der Waals surface area contributed by atoms with Gasteiger partial charge in [-0.05, 0) is 33.4 Å². The third-order valence-electron chi connectivity index (χ3n) is 3.62. The Bertz CT molecular complexity index is 415. The lowest BCUT2D eigenvalue weighted by Crippen LogP contribution is -2.29. The highest BCUT2D eigenvalue weighted by molar-refractivity contribution is 5.57. The van der Waals surface area contributed by atoms with Crippen molar-refractivity contribution in [2.45, 2.75) is 47.5 Å². The summed E-state index contributed by atoms with van der Waals surface area (Å²) < 4.78 is 0. The van der Waals surface area contributed by atoms with Crippen molar-refractivity contribution in [3.8, 4) is 0 Å². The van der Waals surface area contributed by atoms with E-state index in [0.29, 0.717) is 0 Å². The Morgan fingerprint density at radius 1 is 0.952 bits per heavy atom. The highest BCUT2D eigenvalue weighted by Gasteiger charge is 2.10. The van der Waals surface area contributed by atoms with Crippen LogP contribution < -0.4 is 10.6 Å². The molecule has 2 N–H and O–H groups in total. The van der Waals surface area contributed by atoms with Crippen LogP contribution in [0.25, 0.3) is 0 Å². The predicted molar refractivity (Wildman–Crippen MR) is 91.2 cm³/mol. The van der Waals surface area contributed by atoms with Gasteiger partial charge in [-0.2, -0.15) is 0 Å². The summed E-state index contributed by atoms with van der Waals surface area (Å²) in [5.74, 6) is 2.85. The number of aromatic nitrogens is 2. The van der Waals surface area contributed by atoms with Crippen molar-refractivity contribution in [3.05, 3.63) is 11.4 Å². The molecule has 0 aliphatic carbocycles. The minimum Gasteiger partial charge on any atom is -0.370 e. The van der Waals surface area contributed by atoms with Gasteiger partial charge in [0.25, 0.3) is 0 Å². The molecule has 0 saturated carbocycles. The molecule has 0 saturated heterocycles. The van der Waals surface area contributed by atoms with Gasteiger partial charge in [0.2, 0.25) is 0 Å². The van der Waals surface area contributed by atoms with Crippen LogP contribution in [0.3, 0.4) is 0 Å². The van der Waals surface area contributed by atoms with E-state index in [1.165, 1.54) is 0 Å². The molecule has 120 valence electrons. The van der Waals surface area contributed by atoms with Crippen LogP contribution in [0, 0.1) is 6.92 Å². The zero-order valence-corrected chi connectivity index (χ0v) is 14.3. The molecule has 0 radical (unpaired) electrons. The first-order chi connectivity index (χ1) is 10.2. The fraction of sp³-hybridized carbons (Fsp3) is 0.750. The lowest BCUT2D eigenvalue weighted by Gasteiger charge is -2.19. The van der Waals surface area contributed by atoms with Crippen molar-refractivity contribution in [1.82, 2.24) is 14.9 Å². The van der Waals surface area contributed by atoms with E-state index < -0.39 is 0 Å². The Morgan fingerprint density at radius 3 is 2.10 bits per heavy atom. The first-order valence-corrected chi connectivity index (χ1v) is 8.23. The molecule has 0 amide bonds. The number of aryl methyl sites for hydroxylation is 1. The van der Waals surface area contributed by atoms with E-state index in [2.05, 4.69) is 60.1 Å². The zero-order chi connectivity index (χ0) is 15.7. The third kappa shape index (κ3) is 5.50. The lowest BCUT2D eigenvalue weighted by molar-refractivity contribution is 0.316. The van der Waals surface area contributed by atoms with Crippen molar-refractivity contribution >= 4 is 11.6 Å². The van der Waals surface area contributed by atoms with Crippen LogP contribution in [0.15, 0.2) is 0 Å². The monoisotopic (exact) mass is 293 g/mol. The van der Waals surface area contributed by atoms with E-state index in [1.54, 1.807) is 0 Å². The van der Waals surface area contributed by atoms with E-state index >= 15 is 0 Å². The third-order valence-corrected chi connectivity index (χ3v) is 3.62. The number of likely N-dealkylation sites (N-methyl/N-ethyl adjacent to an activating group) is 1. The van der Waals surface area contributed by atoms with Crippen LogP contribution in [0.1, 0.15) is 45.5 Å². The molecule has 0 aliphatic rings. The van der Waals surface area contributed by atoms with Gasteiger partial charge in [0, 0.05) is 31.6 Å². The summed E-state index contributed by atoms with van der Waals surface area (Å²) in [6.07, 6.45) is 1.98. The standard InChI is InChI=1S/C16H31N5/c1-6-10-14-19-15(17-7-2)13(5)16(20-14)18-11-12-21(8-3)9-4/h6-12H2,1-5H3,(H2,17,18,19,20). The predicted octanol–water partition coefficient (Wildman–Crippen LogP) is 2.92. The molecule has 0 aromatic carbocycles. The van der Waals surface area contributed by atoms with Crippen molar-refractivity contribution < 1.29 is 0 Å². The molecule has 21 heavy (non-hydrogen) atoms. The molecule has 1 rings (SSSR count). The Kier molecular flexibility index (Phi) is 8.05. The lowest BCUT2D eigenvalue weighted by atomic mass is 10.2. The zero-order valence-electron chi connectivity index (χ0n) is 14.3. The SMILES string of the molecule is CCCc1nc(NCC)c(C)c(NCCN(CC)CC)n1. The van der Waals surface area contributed by atoms with Gasteiger partial charge in [-0.1, -0.05) is 20.8 Å². The van der Waals surface area contributed by atoms with Gasteiger partial charge in [0.05, 0.1) is 0 Å². The molecule has 5 heteroatoms. The molecule has 1 aromatic rings. The summed E-state index contributed by atoms with van der Waals surface area (Å²) in [6.45, 7) is 15.7. The summed E-state index contributed by atoms with van der Waals surface area (Å²) in [5.41, 5.74) is 1.11. The maximum absolute atomic E-state index is 4.67. The normalized spacial score (nSPS) is 11.0. The summed E-state index contributed by atoms with van der Waals surface area (Å²) >= 11 is 0. The summed E-state index contributed by atoms with van der Waals surface area (Å²) in [7, 11) is 0. The maximum Gasteiger partial charge on any atom is 0.134 e. The van der Waals surface area contributed by atoms with Crippen molar-refractivity contribution in [2.24, 2.45) is 0 Å². The largest absolute Gasteiger partial charge is 0.370 e. The fourth-order valence-electron chi connectivity index (χ4n) is 2.28. The van der Waals surface area contributed by atoms with Gasteiger partial charge in [-0.15, -0.1) is 0 Å². The molecule has 0 unspecified atom stereocenters. The Morgan fingerprint density at radius 2 is 1.57 bits per heavy atom. The highest BCUT2D eigenvalue weighted by Crippen LogP contribution is 2.20. The van der Waals surface area contributed by atoms with Gasteiger partial charge < -0.3 is 15.5 Å². The molecular weight excluding hydrogens is 262 g/mol. The number of nitrogens with zero attached hydrogens (tertiary/aromatic N) is 3. The molecule has 0 spiro atoms. The second-order valence-corrected chi connectivity index (χ2v) is 5.20. The number of hydrogen-bond donors (Lipinski definition) is 2. The minimum absolute atomic E-state index is 0.877. The highest BCUT2D eigenvalue weighted by atomic mass is 15.1. The van der Waals surface area contributed by atoms with Gasteiger partial charge in [0.1, 0.15) is 17.5 Å². The van der Waals surface area contributed by atoms with E-state index in [9.17, 15) is 0 Å². The van der Waals surface area contributed by atoms with E-state index in [4.69, 9.17) is 0 Å². The van der Waals surface area contributed by atoms with Gasteiger partial charge in [-0.3, -0.25) is 0 Å². The van der Waals surface area contributed by atoms with Crippen LogP contribution >= 0.6 is 0 Å². The summed E-state index contributed by atoms with van der Waals surface area (Å²) in [4.78, 5) is 11.7. The second-order valence-electron chi connectivity index (χ2n) is 5.20. The summed E-state index contributed by atoms with van der Waals surface area (Å²) in [6, 6.07) is 0. The average molecular weight is 293 g/mol. The number of rotatable bonds is 10. The van der Waals surface area contributed by atoms with Crippen LogP contribution in [-0.4, -0.2) is 47.6 Å². The minimum atomic E-state index is 0.877. The molecular formula is C16H31N5. The number of hydrogen-bond acceptors (Lipinski definition) is 5. The Hall–Kier alpha value is -1.36. The molecule has 0 bridgehead atoms. The molecule has 1 aromatic heterocycles. The fourth-order valence-corrected chi connectivity index (χ4v) is 2.28. The van der Waals surface area contributed by atoms with Crippen molar-refractivity contribution in [2.75, 3.05) is 43.4 Å². The molecule has 0 aliphatic heterocycles. The first-order valence-electron chi connectivity index (χ1n) is 8.23. The van der Waals surface area contributed by atoms with E-state index in [1.807, 2.05) is 0 Å². The quantitative estimate of drug-likeness (QED) is 0.694. The molecule has 0 atom stereocenters. The average Bonchev–Trinajstić information content (AvgIpc) is 2.48. The van der Waals surface area contributed by atoms with E-state index in [0.717, 1.165) is 68.6 Å².